The van der Waals surface area contributed by atoms with Crippen LogP contribution in [0, 0.1) is 0 Å². The standard InChI is InChI=1S/C30H27N3O2/c34-30(24-11-10-22-5-1-2-6-23(22)18-24)32-27-8-4-3-7-26(27)29-19-25-17-21(9-12-28(25)35-29)20-33-15-13-31-14-16-33/h1-12,17-19,31H,13-16,20H2,(H,32,34). The topological polar surface area (TPSA) is 57.5 Å². The van der Waals surface area contributed by atoms with E-state index in [1.165, 1.54) is 5.56 Å². The number of carbonyl (C=O) groups excluding carboxylic acids is 1. The van der Waals surface area contributed by atoms with Gasteiger partial charge in [-0.3, -0.25) is 9.69 Å². The molecule has 1 amide bonds. The average molecular weight is 462 g/mol. The van der Waals surface area contributed by atoms with Crippen molar-refractivity contribution >= 4 is 33.3 Å². The smallest absolute Gasteiger partial charge is 0.255 e. The van der Waals surface area contributed by atoms with Crippen LogP contribution in [0.1, 0.15) is 15.9 Å². The van der Waals surface area contributed by atoms with Crippen molar-refractivity contribution in [1.29, 1.82) is 0 Å². The normalized spacial score (nSPS) is 14.4. The first-order chi connectivity index (χ1) is 17.2. The van der Waals surface area contributed by atoms with Crippen LogP contribution in [0.15, 0.2) is 95.4 Å². The van der Waals surface area contributed by atoms with Crippen LogP contribution in [0.5, 0.6) is 0 Å². The predicted octanol–water partition coefficient (Wildman–Crippen LogP) is 5.91. The molecule has 5 nitrogen and oxygen atoms in total. The summed E-state index contributed by atoms with van der Waals surface area (Å²) in [6, 6.07) is 30.1. The van der Waals surface area contributed by atoms with E-state index in [4.69, 9.17) is 4.42 Å². The van der Waals surface area contributed by atoms with Gasteiger partial charge in [0, 0.05) is 49.2 Å². The summed E-state index contributed by atoms with van der Waals surface area (Å²) < 4.78 is 6.21. The Labute approximate surface area is 204 Å². The lowest BCUT2D eigenvalue weighted by Crippen LogP contribution is -2.42. The number of amides is 1. The molecule has 0 atom stereocenters. The summed E-state index contributed by atoms with van der Waals surface area (Å²) in [5, 5.41) is 9.72. The maximum atomic E-state index is 13.1. The molecule has 1 saturated heterocycles. The van der Waals surface area contributed by atoms with Crippen molar-refractivity contribution < 1.29 is 9.21 Å². The molecule has 35 heavy (non-hydrogen) atoms. The first-order valence-electron chi connectivity index (χ1n) is 12.1. The summed E-state index contributed by atoms with van der Waals surface area (Å²) in [6.45, 7) is 5.16. The van der Waals surface area contributed by atoms with Crippen molar-refractivity contribution in [1.82, 2.24) is 10.2 Å². The third kappa shape index (κ3) is 4.56. The number of hydrogen-bond acceptors (Lipinski definition) is 4. The van der Waals surface area contributed by atoms with Crippen molar-refractivity contribution in [2.75, 3.05) is 31.5 Å². The molecule has 2 N–H and O–H groups in total. The second-order valence-electron chi connectivity index (χ2n) is 9.07. The monoisotopic (exact) mass is 461 g/mol. The summed E-state index contributed by atoms with van der Waals surface area (Å²) in [7, 11) is 0. The van der Waals surface area contributed by atoms with E-state index in [9.17, 15) is 4.79 Å². The van der Waals surface area contributed by atoms with E-state index in [-0.39, 0.29) is 5.91 Å². The maximum Gasteiger partial charge on any atom is 0.255 e. The average Bonchev–Trinajstić information content (AvgIpc) is 3.32. The number of para-hydroxylation sites is 1. The highest BCUT2D eigenvalue weighted by Crippen LogP contribution is 2.33. The van der Waals surface area contributed by atoms with Gasteiger partial charge < -0.3 is 15.1 Å². The Balaban J connectivity index is 1.26. The zero-order valence-corrected chi connectivity index (χ0v) is 19.5. The molecule has 2 heterocycles. The number of piperazine rings is 1. The highest BCUT2D eigenvalue weighted by molar-refractivity contribution is 6.08. The first-order valence-corrected chi connectivity index (χ1v) is 12.1. The highest BCUT2D eigenvalue weighted by Gasteiger charge is 2.15. The van der Waals surface area contributed by atoms with Crippen molar-refractivity contribution in [3.05, 3.63) is 102 Å². The SMILES string of the molecule is O=C(Nc1ccccc1-c1cc2cc(CN3CCNCC3)ccc2o1)c1ccc2ccccc2c1. The van der Waals surface area contributed by atoms with Crippen molar-refractivity contribution in [2.45, 2.75) is 6.54 Å². The number of nitrogens with zero attached hydrogens (tertiary/aromatic N) is 1. The Morgan fingerprint density at radius 2 is 1.63 bits per heavy atom. The third-order valence-electron chi connectivity index (χ3n) is 6.65. The molecule has 0 bridgehead atoms. The highest BCUT2D eigenvalue weighted by atomic mass is 16.3. The largest absolute Gasteiger partial charge is 0.456 e. The van der Waals surface area contributed by atoms with Crippen molar-refractivity contribution in [3.8, 4) is 11.3 Å². The molecular weight excluding hydrogens is 434 g/mol. The minimum Gasteiger partial charge on any atom is -0.456 e. The Morgan fingerprint density at radius 1 is 0.829 bits per heavy atom. The van der Waals surface area contributed by atoms with Crippen LogP contribution >= 0.6 is 0 Å². The number of rotatable bonds is 5. The van der Waals surface area contributed by atoms with Gasteiger partial charge in [-0.25, -0.2) is 0 Å². The lowest BCUT2D eigenvalue weighted by atomic mass is 10.1. The van der Waals surface area contributed by atoms with E-state index in [0.717, 1.165) is 71.5 Å². The van der Waals surface area contributed by atoms with Gasteiger partial charge in [-0.2, -0.15) is 0 Å². The Bertz CT molecular complexity index is 1510. The summed E-state index contributed by atoms with van der Waals surface area (Å²) in [4.78, 5) is 15.6. The lowest BCUT2D eigenvalue weighted by molar-refractivity contribution is 0.102. The molecule has 0 saturated carbocycles. The molecule has 0 aliphatic carbocycles. The van der Waals surface area contributed by atoms with Crippen LogP contribution in [-0.2, 0) is 6.54 Å². The summed E-state index contributed by atoms with van der Waals surface area (Å²) >= 11 is 0. The molecule has 0 unspecified atom stereocenters. The van der Waals surface area contributed by atoms with Gasteiger partial charge in [0.05, 0.1) is 5.69 Å². The van der Waals surface area contributed by atoms with Crippen LogP contribution in [0.4, 0.5) is 5.69 Å². The molecule has 5 aromatic rings. The molecule has 5 heteroatoms. The van der Waals surface area contributed by atoms with E-state index in [0.29, 0.717) is 5.56 Å². The molecular formula is C30H27N3O2. The summed E-state index contributed by atoms with van der Waals surface area (Å²) in [5.74, 6) is 0.603. The maximum absolute atomic E-state index is 13.1. The Kier molecular flexibility index (Phi) is 5.78. The summed E-state index contributed by atoms with van der Waals surface area (Å²) in [5.41, 5.74) is 4.34. The second-order valence-corrected chi connectivity index (χ2v) is 9.07. The zero-order valence-electron chi connectivity index (χ0n) is 19.5. The fourth-order valence-electron chi connectivity index (χ4n) is 4.78. The number of carbonyl (C=O) groups is 1. The number of nitrogens with one attached hydrogen (secondary N) is 2. The van der Waals surface area contributed by atoms with Gasteiger partial charge in [-0.15, -0.1) is 0 Å². The van der Waals surface area contributed by atoms with E-state index < -0.39 is 0 Å². The van der Waals surface area contributed by atoms with Gasteiger partial charge in [0.25, 0.3) is 5.91 Å². The second kappa shape index (κ2) is 9.37. The molecule has 6 rings (SSSR count). The minimum atomic E-state index is -0.141. The number of anilines is 1. The number of benzene rings is 4. The fraction of sp³-hybridized carbons (Fsp3) is 0.167. The minimum absolute atomic E-state index is 0.141. The summed E-state index contributed by atoms with van der Waals surface area (Å²) in [6.07, 6.45) is 0. The molecule has 1 aliphatic rings. The van der Waals surface area contributed by atoms with E-state index in [1.54, 1.807) is 0 Å². The van der Waals surface area contributed by atoms with E-state index in [2.05, 4.69) is 33.7 Å². The number of furan rings is 1. The van der Waals surface area contributed by atoms with Gasteiger partial charge in [-0.1, -0.05) is 48.5 Å². The molecule has 0 spiro atoms. The molecule has 1 fully saturated rings. The molecule has 174 valence electrons. The van der Waals surface area contributed by atoms with Crippen LogP contribution in [0.25, 0.3) is 33.1 Å². The quantitative estimate of drug-likeness (QED) is 0.342. The molecule has 0 radical (unpaired) electrons. The van der Waals surface area contributed by atoms with Gasteiger partial charge in [0.2, 0.25) is 0 Å². The third-order valence-corrected chi connectivity index (χ3v) is 6.65. The van der Waals surface area contributed by atoms with Crippen LogP contribution in [0.3, 0.4) is 0 Å². The van der Waals surface area contributed by atoms with Crippen LogP contribution in [0.2, 0.25) is 0 Å². The number of fused-ring (bicyclic) bond motifs is 2. The van der Waals surface area contributed by atoms with Gasteiger partial charge >= 0.3 is 0 Å². The molecule has 1 aromatic heterocycles. The Morgan fingerprint density at radius 3 is 2.51 bits per heavy atom. The van der Waals surface area contributed by atoms with Gasteiger partial charge in [0.1, 0.15) is 11.3 Å². The first kappa shape index (κ1) is 21.6. The van der Waals surface area contributed by atoms with Crippen molar-refractivity contribution in [3.63, 3.8) is 0 Å². The Hall–Kier alpha value is -3.93. The lowest BCUT2D eigenvalue weighted by Gasteiger charge is -2.27. The molecule has 1 aliphatic heterocycles. The van der Waals surface area contributed by atoms with Gasteiger partial charge in [-0.05, 0) is 58.8 Å². The fourth-order valence-corrected chi connectivity index (χ4v) is 4.78. The van der Waals surface area contributed by atoms with Crippen LogP contribution < -0.4 is 10.6 Å². The van der Waals surface area contributed by atoms with Crippen molar-refractivity contribution in [2.24, 2.45) is 0 Å². The molecule has 4 aromatic carbocycles. The zero-order chi connectivity index (χ0) is 23.6. The van der Waals surface area contributed by atoms with E-state index in [1.807, 2.05) is 72.8 Å². The number of hydrogen-bond donors (Lipinski definition) is 2. The van der Waals surface area contributed by atoms with E-state index >= 15 is 0 Å². The van der Waals surface area contributed by atoms with Crippen LogP contribution in [-0.4, -0.2) is 37.0 Å². The predicted molar refractivity (Wildman–Crippen MR) is 142 cm³/mol. The van der Waals surface area contributed by atoms with Gasteiger partial charge in [0.15, 0.2) is 0 Å².